The maximum atomic E-state index is 12.6. The Bertz CT molecular complexity index is 1070. The number of benzene rings is 2. The van der Waals surface area contributed by atoms with E-state index in [4.69, 9.17) is 14.2 Å². The van der Waals surface area contributed by atoms with Crippen molar-refractivity contribution in [2.75, 3.05) is 45.4 Å². The number of carbonyl (C=O) groups is 1. The highest BCUT2D eigenvalue weighted by Gasteiger charge is 2.14. The average Bonchev–Trinajstić information content (AvgIpc) is 2.87. The Kier molecular flexibility index (Phi) is 6.81. The number of amides is 1. The minimum absolute atomic E-state index is 0.161. The minimum Gasteiger partial charge on any atom is -0.497 e. The van der Waals surface area contributed by atoms with Gasteiger partial charge in [-0.2, -0.15) is 0 Å². The number of nitrogens with zero attached hydrogens (tertiary/aromatic N) is 3. The van der Waals surface area contributed by atoms with Crippen molar-refractivity contribution in [2.45, 2.75) is 6.54 Å². The number of carbonyl (C=O) groups excluding carboxylic acids is 1. The number of nitrogens with one attached hydrogen (secondary N) is 1. The second kappa shape index (κ2) is 10.1. The smallest absolute Gasteiger partial charge is 0.251 e. The van der Waals surface area contributed by atoms with Gasteiger partial charge in [-0.1, -0.05) is 12.1 Å². The molecule has 1 aliphatic heterocycles. The van der Waals surface area contributed by atoms with Gasteiger partial charge in [-0.25, -0.2) is 9.97 Å². The van der Waals surface area contributed by atoms with Crippen LogP contribution in [0.4, 0.5) is 5.82 Å². The largest absolute Gasteiger partial charge is 0.497 e. The minimum atomic E-state index is -0.161. The van der Waals surface area contributed by atoms with Crippen LogP contribution in [-0.2, 0) is 11.3 Å². The molecule has 1 fully saturated rings. The summed E-state index contributed by atoms with van der Waals surface area (Å²) in [7, 11) is 3.20. The number of anilines is 1. The molecular weight excluding hydrogens is 408 g/mol. The SMILES string of the molecule is COc1ccc(CNC(=O)c2ccc(-c3cc(N4CCOCC4)ncn3)cc2)c(OC)c1. The van der Waals surface area contributed by atoms with Crippen LogP contribution < -0.4 is 19.7 Å². The Hall–Kier alpha value is -3.65. The van der Waals surface area contributed by atoms with E-state index in [-0.39, 0.29) is 5.91 Å². The van der Waals surface area contributed by atoms with Crippen molar-refractivity contribution < 1.29 is 19.0 Å². The first-order chi connectivity index (χ1) is 15.7. The van der Waals surface area contributed by atoms with Crippen molar-refractivity contribution in [3.8, 4) is 22.8 Å². The zero-order valence-corrected chi connectivity index (χ0v) is 18.2. The number of hydrogen-bond donors (Lipinski definition) is 1. The molecule has 1 aromatic heterocycles. The number of hydrogen-bond acceptors (Lipinski definition) is 7. The van der Waals surface area contributed by atoms with Crippen molar-refractivity contribution in [3.05, 3.63) is 66.0 Å². The lowest BCUT2D eigenvalue weighted by molar-refractivity contribution is 0.0950. The van der Waals surface area contributed by atoms with Crippen LogP contribution in [0.2, 0.25) is 0 Å². The first kappa shape index (κ1) is 21.6. The van der Waals surface area contributed by atoms with Gasteiger partial charge in [0.1, 0.15) is 23.6 Å². The second-order valence-electron chi connectivity index (χ2n) is 7.30. The Morgan fingerprint density at radius 2 is 1.81 bits per heavy atom. The third kappa shape index (κ3) is 4.97. The highest BCUT2D eigenvalue weighted by Crippen LogP contribution is 2.25. The number of aromatic nitrogens is 2. The lowest BCUT2D eigenvalue weighted by atomic mass is 10.1. The molecule has 0 unspecified atom stereocenters. The van der Waals surface area contributed by atoms with E-state index in [1.54, 1.807) is 38.7 Å². The first-order valence-electron chi connectivity index (χ1n) is 10.4. The summed E-state index contributed by atoms with van der Waals surface area (Å²) < 4.78 is 16.0. The quantitative estimate of drug-likeness (QED) is 0.612. The number of methoxy groups -OCH3 is 2. The Morgan fingerprint density at radius 1 is 1.03 bits per heavy atom. The molecule has 0 saturated carbocycles. The molecular formula is C24H26N4O4. The summed E-state index contributed by atoms with van der Waals surface area (Å²) in [6, 6.07) is 14.9. The summed E-state index contributed by atoms with van der Waals surface area (Å²) in [5, 5.41) is 2.93. The predicted octanol–water partition coefficient (Wildman–Crippen LogP) is 2.93. The third-order valence-electron chi connectivity index (χ3n) is 5.36. The monoisotopic (exact) mass is 434 g/mol. The van der Waals surface area contributed by atoms with E-state index in [0.29, 0.717) is 36.8 Å². The van der Waals surface area contributed by atoms with Gasteiger partial charge in [0.15, 0.2) is 0 Å². The maximum absolute atomic E-state index is 12.6. The van der Waals surface area contributed by atoms with E-state index < -0.39 is 0 Å². The molecule has 3 aromatic rings. The number of rotatable bonds is 7. The molecule has 0 bridgehead atoms. The van der Waals surface area contributed by atoms with Gasteiger partial charge < -0.3 is 24.4 Å². The highest BCUT2D eigenvalue weighted by molar-refractivity contribution is 5.94. The van der Waals surface area contributed by atoms with Gasteiger partial charge in [0, 0.05) is 48.5 Å². The van der Waals surface area contributed by atoms with Gasteiger partial charge >= 0.3 is 0 Å². The molecule has 1 aliphatic rings. The topological polar surface area (TPSA) is 85.8 Å². The van der Waals surface area contributed by atoms with E-state index in [2.05, 4.69) is 20.2 Å². The Morgan fingerprint density at radius 3 is 2.53 bits per heavy atom. The van der Waals surface area contributed by atoms with E-state index in [1.165, 1.54) is 0 Å². The standard InChI is InChI=1S/C24H26N4O4/c1-30-20-8-7-19(22(13-20)31-2)15-25-24(29)18-5-3-17(4-6-18)21-14-23(27-16-26-21)28-9-11-32-12-10-28/h3-8,13-14,16H,9-12,15H2,1-2H3,(H,25,29). The zero-order valence-electron chi connectivity index (χ0n) is 18.2. The van der Waals surface area contributed by atoms with Gasteiger partial charge in [0.05, 0.1) is 33.1 Å². The Labute approximate surface area is 187 Å². The summed E-state index contributed by atoms with van der Waals surface area (Å²) in [6.07, 6.45) is 1.57. The van der Waals surface area contributed by atoms with Gasteiger partial charge in [0.25, 0.3) is 5.91 Å². The van der Waals surface area contributed by atoms with Crippen LogP contribution in [-0.4, -0.2) is 56.4 Å². The number of morpholine rings is 1. The molecule has 0 aliphatic carbocycles. The van der Waals surface area contributed by atoms with Crippen molar-refractivity contribution in [1.29, 1.82) is 0 Å². The van der Waals surface area contributed by atoms with Crippen molar-refractivity contribution in [1.82, 2.24) is 15.3 Å². The van der Waals surface area contributed by atoms with Crippen LogP contribution in [0.1, 0.15) is 15.9 Å². The fourth-order valence-corrected chi connectivity index (χ4v) is 3.54. The lowest BCUT2D eigenvalue weighted by Crippen LogP contribution is -2.36. The van der Waals surface area contributed by atoms with Crippen LogP contribution in [0.3, 0.4) is 0 Å². The third-order valence-corrected chi connectivity index (χ3v) is 5.36. The first-order valence-corrected chi connectivity index (χ1v) is 10.4. The molecule has 0 spiro atoms. The fraction of sp³-hybridized carbons (Fsp3) is 0.292. The molecule has 1 saturated heterocycles. The molecule has 2 heterocycles. The van der Waals surface area contributed by atoms with Crippen LogP contribution in [0, 0.1) is 0 Å². The molecule has 0 radical (unpaired) electrons. The summed E-state index contributed by atoms with van der Waals surface area (Å²) in [5.41, 5.74) is 3.19. The molecule has 8 nitrogen and oxygen atoms in total. The number of ether oxygens (including phenoxy) is 3. The molecule has 1 amide bonds. The van der Waals surface area contributed by atoms with Gasteiger partial charge in [-0.3, -0.25) is 4.79 Å². The van der Waals surface area contributed by atoms with Gasteiger partial charge in [0.2, 0.25) is 0 Å². The molecule has 4 rings (SSSR count). The summed E-state index contributed by atoms with van der Waals surface area (Å²) in [5.74, 6) is 2.09. The van der Waals surface area contributed by atoms with Crippen molar-refractivity contribution in [3.63, 3.8) is 0 Å². The van der Waals surface area contributed by atoms with Crippen LogP contribution in [0.15, 0.2) is 54.9 Å². The molecule has 1 N–H and O–H groups in total. The average molecular weight is 434 g/mol. The zero-order chi connectivity index (χ0) is 22.3. The second-order valence-corrected chi connectivity index (χ2v) is 7.30. The predicted molar refractivity (Wildman–Crippen MR) is 121 cm³/mol. The molecule has 166 valence electrons. The van der Waals surface area contributed by atoms with Gasteiger partial charge in [-0.05, 0) is 24.3 Å². The van der Waals surface area contributed by atoms with Crippen LogP contribution in [0.25, 0.3) is 11.3 Å². The maximum Gasteiger partial charge on any atom is 0.251 e. The Balaban J connectivity index is 1.42. The van der Waals surface area contributed by atoms with Crippen molar-refractivity contribution in [2.24, 2.45) is 0 Å². The lowest BCUT2D eigenvalue weighted by Gasteiger charge is -2.27. The summed E-state index contributed by atoms with van der Waals surface area (Å²) >= 11 is 0. The van der Waals surface area contributed by atoms with Crippen LogP contribution >= 0.6 is 0 Å². The molecule has 0 atom stereocenters. The molecule has 32 heavy (non-hydrogen) atoms. The van der Waals surface area contributed by atoms with Gasteiger partial charge in [-0.15, -0.1) is 0 Å². The van der Waals surface area contributed by atoms with E-state index >= 15 is 0 Å². The van der Waals surface area contributed by atoms with Crippen molar-refractivity contribution >= 4 is 11.7 Å². The highest BCUT2D eigenvalue weighted by atomic mass is 16.5. The van der Waals surface area contributed by atoms with E-state index in [1.807, 2.05) is 30.3 Å². The molecule has 2 aromatic carbocycles. The molecule has 8 heteroatoms. The normalized spacial score (nSPS) is 13.5. The summed E-state index contributed by atoms with van der Waals surface area (Å²) in [4.78, 5) is 23.6. The van der Waals surface area contributed by atoms with E-state index in [9.17, 15) is 4.79 Å². The van der Waals surface area contributed by atoms with E-state index in [0.717, 1.165) is 35.7 Å². The summed E-state index contributed by atoms with van der Waals surface area (Å²) in [6.45, 7) is 3.38. The van der Waals surface area contributed by atoms with Crippen LogP contribution in [0.5, 0.6) is 11.5 Å². The fourth-order valence-electron chi connectivity index (χ4n) is 3.54.